The molecule has 0 aromatic carbocycles. The zero-order valence-electron chi connectivity index (χ0n) is 38.3. The second-order valence-corrected chi connectivity index (χ2v) is 17.2. The van der Waals surface area contributed by atoms with E-state index in [4.69, 9.17) is 0 Å². The van der Waals surface area contributed by atoms with Gasteiger partial charge in [0.1, 0.15) is 12.2 Å². The van der Waals surface area contributed by atoms with Gasteiger partial charge in [-0.25, -0.2) is 0 Å². The molecule has 0 spiro atoms. The van der Waals surface area contributed by atoms with Gasteiger partial charge in [-0.1, -0.05) is 217 Å². The lowest BCUT2D eigenvalue weighted by molar-refractivity contribution is -0.132. The molecule has 6 heteroatoms. The van der Waals surface area contributed by atoms with Gasteiger partial charge in [-0.2, -0.15) is 0 Å². The first-order chi connectivity index (χ1) is 28.5. The van der Waals surface area contributed by atoms with E-state index < -0.39 is 36.9 Å². The molecule has 4 atom stereocenters. The first kappa shape index (κ1) is 56.3. The number of rotatable bonds is 45. The lowest BCUT2D eigenvalue weighted by Crippen LogP contribution is -2.53. The molecule has 0 aliphatic heterocycles. The lowest BCUT2D eigenvalue weighted by Gasteiger charge is -2.27. The Balaban J connectivity index is 3.76. The molecule has 0 aliphatic rings. The SMILES string of the molecule is CCCCC/C=C\C=C/CCCCCCCCCCCC(O)C(=O)NC(CO)C(O)C(O)CCC/C=C/CC/C=C/CCCCCCCCCCCCCCCCC. The highest BCUT2D eigenvalue weighted by Crippen LogP contribution is 2.16. The number of hydrogen-bond acceptors (Lipinski definition) is 5. The first-order valence-corrected chi connectivity index (χ1v) is 25.0. The van der Waals surface area contributed by atoms with Gasteiger partial charge < -0.3 is 25.7 Å². The Labute approximate surface area is 359 Å². The summed E-state index contributed by atoms with van der Waals surface area (Å²) in [6.45, 7) is 4.02. The molecule has 58 heavy (non-hydrogen) atoms. The van der Waals surface area contributed by atoms with Crippen LogP contribution in [0.4, 0.5) is 0 Å². The number of hydrogen-bond donors (Lipinski definition) is 5. The summed E-state index contributed by atoms with van der Waals surface area (Å²) in [5.41, 5.74) is 0. The highest BCUT2D eigenvalue weighted by molar-refractivity contribution is 5.80. The maximum absolute atomic E-state index is 12.5. The van der Waals surface area contributed by atoms with E-state index in [1.165, 1.54) is 167 Å². The minimum absolute atomic E-state index is 0.353. The van der Waals surface area contributed by atoms with Crippen molar-refractivity contribution in [2.75, 3.05) is 6.61 Å². The smallest absolute Gasteiger partial charge is 0.249 e. The van der Waals surface area contributed by atoms with Gasteiger partial charge in [-0.15, -0.1) is 0 Å². The van der Waals surface area contributed by atoms with Crippen molar-refractivity contribution in [3.8, 4) is 0 Å². The number of allylic oxidation sites excluding steroid dienone is 8. The molecule has 1 amide bonds. The molecule has 0 bridgehead atoms. The van der Waals surface area contributed by atoms with E-state index >= 15 is 0 Å². The molecule has 0 heterocycles. The second-order valence-electron chi connectivity index (χ2n) is 17.2. The largest absolute Gasteiger partial charge is 0.394 e. The van der Waals surface area contributed by atoms with Gasteiger partial charge in [0.25, 0.3) is 0 Å². The molecule has 4 unspecified atom stereocenters. The molecule has 0 aromatic heterocycles. The van der Waals surface area contributed by atoms with Crippen LogP contribution in [0, 0.1) is 0 Å². The molecule has 5 N–H and O–H groups in total. The van der Waals surface area contributed by atoms with Crippen molar-refractivity contribution in [2.24, 2.45) is 0 Å². The maximum Gasteiger partial charge on any atom is 0.249 e. The fourth-order valence-corrected chi connectivity index (χ4v) is 7.53. The van der Waals surface area contributed by atoms with Crippen LogP contribution in [0.1, 0.15) is 245 Å². The zero-order valence-corrected chi connectivity index (χ0v) is 38.3. The van der Waals surface area contributed by atoms with Gasteiger partial charge in [0.05, 0.1) is 18.8 Å². The van der Waals surface area contributed by atoms with Crippen LogP contribution in [-0.2, 0) is 4.79 Å². The van der Waals surface area contributed by atoms with Crippen molar-refractivity contribution in [1.82, 2.24) is 5.32 Å². The van der Waals surface area contributed by atoms with Crippen molar-refractivity contribution in [3.05, 3.63) is 48.6 Å². The van der Waals surface area contributed by atoms with E-state index in [2.05, 4.69) is 67.8 Å². The van der Waals surface area contributed by atoms with Crippen LogP contribution in [0.5, 0.6) is 0 Å². The third-order valence-electron chi connectivity index (χ3n) is 11.5. The molecular weight excluding hydrogens is 719 g/mol. The van der Waals surface area contributed by atoms with Gasteiger partial charge in [-0.05, 0) is 77.0 Å². The first-order valence-electron chi connectivity index (χ1n) is 25.0. The van der Waals surface area contributed by atoms with Crippen molar-refractivity contribution >= 4 is 5.91 Å². The predicted molar refractivity (Wildman–Crippen MR) is 251 cm³/mol. The van der Waals surface area contributed by atoms with E-state index in [9.17, 15) is 25.2 Å². The maximum atomic E-state index is 12.5. The topological polar surface area (TPSA) is 110 Å². The Hall–Kier alpha value is -1.73. The number of amides is 1. The standard InChI is InChI=1S/C52H97NO5/c1-3-5-7-9-11-13-15-17-19-21-23-24-25-26-27-28-30-31-33-35-37-39-41-43-45-49(55)51(57)48(47-54)53-52(58)50(56)46-44-42-40-38-36-34-32-29-22-20-18-16-14-12-10-8-6-4-2/h12,14,16,18,30-31,37,39,48-51,54-57H,3-11,13,15,17,19-29,32-36,38,40-47H2,1-2H3,(H,53,58)/b14-12-,18-16-,31-30+,39-37+. The average Bonchev–Trinajstić information content (AvgIpc) is 3.23. The van der Waals surface area contributed by atoms with Crippen molar-refractivity contribution in [1.29, 1.82) is 0 Å². The Bertz CT molecular complexity index is 961. The molecule has 0 radical (unpaired) electrons. The molecule has 0 fully saturated rings. The third kappa shape index (κ3) is 39.7. The number of aliphatic hydroxyl groups is 4. The minimum atomic E-state index is -1.29. The number of carbonyl (C=O) groups is 1. The van der Waals surface area contributed by atoms with Crippen molar-refractivity contribution in [3.63, 3.8) is 0 Å². The van der Waals surface area contributed by atoms with Gasteiger partial charge in [0, 0.05) is 0 Å². The molecular formula is C52H97NO5. The van der Waals surface area contributed by atoms with Crippen LogP contribution in [0.25, 0.3) is 0 Å². The average molecular weight is 816 g/mol. The molecule has 340 valence electrons. The van der Waals surface area contributed by atoms with Crippen LogP contribution >= 0.6 is 0 Å². The van der Waals surface area contributed by atoms with Crippen LogP contribution in [-0.4, -0.2) is 57.3 Å². The number of aliphatic hydroxyl groups excluding tert-OH is 4. The van der Waals surface area contributed by atoms with Crippen LogP contribution in [0.3, 0.4) is 0 Å². The third-order valence-corrected chi connectivity index (χ3v) is 11.5. The van der Waals surface area contributed by atoms with Gasteiger partial charge >= 0.3 is 0 Å². The summed E-state index contributed by atoms with van der Waals surface area (Å²) in [7, 11) is 0. The van der Waals surface area contributed by atoms with Gasteiger partial charge in [0.15, 0.2) is 0 Å². The Morgan fingerprint density at radius 1 is 0.431 bits per heavy atom. The zero-order chi connectivity index (χ0) is 42.4. The van der Waals surface area contributed by atoms with E-state index in [-0.39, 0.29) is 0 Å². The summed E-state index contributed by atoms with van der Waals surface area (Å²) in [6, 6.07) is -1.01. The summed E-state index contributed by atoms with van der Waals surface area (Å²) in [5, 5.41) is 43.8. The summed E-state index contributed by atoms with van der Waals surface area (Å²) in [4.78, 5) is 12.5. The molecule has 6 nitrogen and oxygen atoms in total. The summed E-state index contributed by atoms with van der Waals surface area (Å²) in [5.74, 6) is -0.602. The normalized spacial score (nSPS) is 14.4. The molecule has 0 rings (SSSR count). The van der Waals surface area contributed by atoms with E-state index in [0.29, 0.717) is 19.3 Å². The molecule has 0 saturated heterocycles. The fraction of sp³-hybridized carbons (Fsp3) is 0.827. The molecule has 0 saturated carbocycles. The Morgan fingerprint density at radius 2 is 0.776 bits per heavy atom. The quantitative estimate of drug-likeness (QED) is 0.0239. The van der Waals surface area contributed by atoms with Crippen molar-refractivity contribution in [2.45, 2.75) is 269 Å². The van der Waals surface area contributed by atoms with Crippen LogP contribution < -0.4 is 5.32 Å². The number of nitrogens with one attached hydrogen (secondary N) is 1. The second kappa shape index (κ2) is 46.3. The van der Waals surface area contributed by atoms with Crippen LogP contribution in [0.2, 0.25) is 0 Å². The summed E-state index contributed by atoms with van der Waals surface area (Å²) in [6.07, 6.45) is 57.3. The molecule has 0 aliphatic carbocycles. The van der Waals surface area contributed by atoms with E-state index in [1.54, 1.807) is 0 Å². The van der Waals surface area contributed by atoms with Crippen molar-refractivity contribution < 1.29 is 25.2 Å². The fourth-order valence-electron chi connectivity index (χ4n) is 7.53. The number of unbranched alkanes of at least 4 members (excludes halogenated alkanes) is 29. The summed E-state index contributed by atoms with van der Waals surface area (Å²) < 4.78 is 0. The number of carbonyl (C=O) groups excluding carboxylic acids is 1. The van der Waals surface area contributed by atoms with Crippen LogP contribution in [0.15, 0.2) is 48.6 Å². The highest BCUT2D eigenvalue weighted by atomic mass is 16.3. The van der Waals surface area contributed by atoms with Gasteiger partial charge in [0.2, 0.25) is 5.91 Å². The highest BCUT2D eigenvalue weighted by Gasteiger charge is 2.28. The lowest BCUT2D eigenvalue weighted by atomic mass is 10.00. The Kier molecular flexibility index (Phi) is 45.0. The van der Waals surface area contributed by atoms with E-state index in [1.807, 2.05) is 0 Å². The predicted octanol–water partition coefficient (Wildman–Crippen LogP) is 13.9. The molecule has 0 aromatic rings. The van der Waals surface area contributed by atoms with E-state index in [0.717, 1.165) is 44.9 Å². The Morgan fingerprint density at radius 3 is 1.22 bits per heavy atom. The minimum Gasteiger partial charge on any atom is -0.394 e. The summed E-state index contributed by atoms with van der Waals surface area (Å²) >= 11 is 0. The monoisotopic (exact) mass is 816 g/mol. The van der Waals surface area contributed by atoms with Gasteiger partial charge in [-0.3, -0.25) is 4.79 Å².